The van der Waals surface area contributed by atoms with Gasteiger partial charge in [-0.1, -0.05) is 33.3 Å². The first-order valence-electron chi connectivity index (χ1n) is 7.72. The molecule has 1 amide bonds. The third kappa shape index (κ3) is 10.9. The Hall–Kier alpha value is -1.52. The number of alkyl carbamates (subject to hydrolysis) is 1. The first-order chi connectivity index (χ1) is 10.0. The summed E-state index contributed by atoms with van der Waals surface area (Å²) < 4.78 is 10.2. The number of esters is 1. The van der Waals surface area contributed by atoms with Crippen molar-refractivity contribution in [1.82, 2.24) is 5.32 Å². The minimum Gasteiger partial charge on any atom is -0.464 e. The van der Waals surface area contributed by atoms with Crippen LogP contribution in [-0.2, 0) is 14.3 Å². The molecule has 0 aliphatic rings. The number of amides is 1. The normalized spacial score (nSPS) is 11.8. The van der Waals surface area contributed by atoms with E-state index in [9.17, 15) is 9.59 Å². The molecule has 21 heavy (non-hydrogen) atoms. The van der Waals surface area contributed by atoms with Gasteiger partial charge in [-0.25, -0.2) is 9.59 Å². The second-order valence-electron chi connectivity index (χ2n) is 5.41. The fraction of sp³-hybridized carbons (Fsp3) is 0.750. The molecule has 0 heterocycles. The van der Waals surface area contributed by atoms with Gasteiger partial charge in [0.2, 0.25) is 0 Å². The fourth-order valence-electron chi connectivity index (χ4n) is 1.64. The molecule has 0 aromatic heterocycles. The molecule has 1 unspecified atom stereocenters. The molecule has 0 radical (unpaired) electrons. The van der Waals surface area contributed by atoms with Crippen LogP contribution in [0.5, 0.6) is 0 Å². The van der Waals surface area contributed by atoms with Gasteiger partial charge in [0, 0.05) is 0 Å². The minimum absolute atomic E-state index is 0.325. The van der Waals surface area contributed by atoms with Gasteiger partial charge in [0.1, 0.15) is 6.04 Å². The number of nitrogens with one attached hydrogen (secondary N) is 1. The van der Waals surface area contributed by atoms with Crippen molar-refractivity contribution in [3.63, 3.8) is 0 Å². The molecule has 1 N–H and O–H groups in total. The predicted molar refractivity (Wildman–Crippen MR) is 83.0 cm³/mol. The topological polar surface area (TPSA) is 64.6 Å². The molecule has 0 aliphatic heterocycles. The molecular weight excluding hydrogens is 270 g/mol. The summed E-state index contributed by atoms with van der Waals surface area (Å²) in [4.78, 5) is 23.5. The van der Waals surface area contributed by atoms with E-state index in [0.717, 1.165) is 25.7 Å². The summed E-state index contributed by atoms with van der Waals surface area (Å²) in [7, 11) is 0. The SMILES string of the molecule is C=CCC(NC(=O)OCCCC)C(=O)OCCCC(C)C. The van der Waals surface area contributed by atoms with Crippen molar-refractivity contribution >= 4 is 12.1 Å². The van der Waals surface area contributed by atoms with E-state index in [1.165, 1.54) is 0 Å². The molecule has 0 rings (SSSR count). The van der Waals surface area contributed by atoms with Crippen molar-refractivity contribution < 1.29 is 19.1 Å². The van der Waals surface area contributed by atoms with Gasteiger partial charge < -0.3 is 14.8 Å². The number of carbonyl (C=O) groups excluding carboxylic acids is 2. The quantitative estimate of drug-likeness (QED) is 0.360. The average Bonchev–Trinajstić information content (AvgIpc) is 2.43. The Morgan fingerprint density at radius 3 is 2.43 bits per heavy atom. The molecule has 0 spiro atoms. The van der Waals surface area contributed by atoms with Crippen LogP contribution < -0.4 is 5.32 Å². The maximum atomic E-state index is 11.9. The predicted octanol–water partition coefficient (Wildman–Crippen LogP) is 3.44. The second-order valence-corrected chi connectivity index (χ2v) is 5.41. The van der Waals surface area contributed by atoms with Gasteiger partial charge in [0.25, 0.3) is 0 Å². The monoisotopic (exact) mass is 299 g/mol. The Balaban J connectivity index is 4.10. The van der Waals surface area contributed by atoms with Crippen LogP contribution in [0.15, 0.2) is 12.7 Å². The molecule has 0 aromatic carbocycles. The molecule has 5 heteroatoms. The van der Waals surface area contributed by atoms with Gasteiger partial charge in [0.05, 0.1) is 13.2 Å². The van der Waals surface area contributed by atoms with E-state index in [4.69, 9.17) is 9.47 Å². The van der Waals surface area contributed by atoms with Crippen LogP contribution in [0.3, 0.4) is 0 Å². The van der Waals surface area contributed by atoms with Crippen LogP contribution >= 0.6 is 0 Å². The minimum atomic E-state index is -0.726. The third-order valence-electron chi connectivity index (χ3n) is 2.88. The lowest BCUT2D eigenvalue weighted by Gasteiger charge is -2.16. The van der Waals surface area contributed by atoms with E-state index < -0.39 is 18.1 Å². The highest BCUT2D eigenvalue weighted by Crippen LogP contribution is 2.05. The Labute approximate surface area is 128 Å². The maximum absolute atomic E-state index is 11.9. The highest BCUT2D eigenvalue weighted by Gasteiger charge is 2.21. The van der Waals surface area contributed by atoms with Crippen LogP contribution in [0.2, 0.25) is 0 Å². The molecule has 0 saturated heterocycles. The molecule has 5 nitrogen and oxygen atoms in total. The zero-order valence-electron chi connectivity index (χ0n) is 13.5. The number of hydrogen-bond acceptors (Lipinski definition) is 4. The zero-order valence-corrected chi connectivity index (χ0v) is 13.5. The second kappa shape index (κ2) is 12.2. The molecule has 0 aliphatic carbocycles. The van der Waals surface area contributed by atoms with Crippen LogP contribution in [-0.4, -0.2) is 31.3 Å². The summed E-state index contributed by atoms with van der Waals surface area (Å²) in [5, 5.41) is 2.52. The van der Waals surface area contributed by atoms with Gasteiger partial charge >= 0.3 is 12.1 Å². The Morgan fingerprint density at radius 2 is 1.86 bits per heavy atom. The zero-order chi connectivity index (χ0) is 16.1. The van der Waals surface area contributed by atoms with E-state index in [0.29, 0.717) is 25.6 Å². The standard InChI is InChI=1S/C16H29NO4/c1-5-7-11-21-16(19)17-14(9-6-2)15(18)20-12-8-10-13(3)4/h6,13-14H,2,5,7-12H2,1,3-4H3,(H,17,19). The molecule has 0 saturated carbocycles. The summed E-state index contributed by atoms with van der Waals surface area (Å²) in [6.07, 6.45) is 4.89. The largest absolute Gasteiger partial charge is 0.464 e. The number of carbonyl (C=O) groups is 2. The van der Waals surface area contributed by atoms with E-state index in [1.54, 1.807) is 6.08 Å². The van der Waals surface area contributed by atoms with Gasteiger partial charge in [-0.2, -0.15) is 0 Å². The van der Waals surface area contributed by atoms with Gasteiger partial charge in [-0.3, -0.25) is 0 Å². The molecule has 1 atom stereocenters. The van der Waals surface area contributed by atoms with E-state index >= 15 is 0 Å². The van der Waals surface area contributed by atoms with Crippen molar-refractivity contribution in [2.45, 2.75) is 58.9 Å². The average molecular weight is 299 g/mol. The highest BCUT2D eigenvalue weighted by atomic mass is 16.6. The first-order valence-corrected chi connectivity index (χ1v) is 7.72. The van der Waals surface area contributed by atoms with Gasteiger partial charge in [0.15, 0.2) is 0 Å². The lowest BCUT2D eigenvalue weighted by molar-refractivity contribution is -0.146. The smallest absolute Gasteiger partial charge is 0.407 e. The number of hydrogen-bond donors (Lipinski definition) is 1. The van der Waals surface area contributed by atoms with Crippen LogP contribution in [0.1, 0.15) is 52.9 Å². The number of ether oxygens (including phenoxy) is 2. The highest BCUT2D eigenvalue weighted by molar-refractivity contribution is 5.81. The van der Waals surface area contributed by atoms with Crippen molar-refractivity contribution in [1.29, 1.82) is 0 Å². The lowest BCUT2D eigenvalue weighted by Crippen LogP contribution is -2.42. The van der Waals surface area contributed by atoms with Gasteiger partial charge in [-0.05, 0) is 31.6 Å². The third-order valence-corrected chi connectivity index (χ3v) is 2.88. The van der Waals surface area contributed by atoms with Crippen LogP contribution in [0, 0.1) is 5.92 Å². The van der Waals surface area contributed by atoms with Gasteiger partial charge in [-0.15, -0.1) is 6.58 Å². The van der Waals surface area contributed by atoms with Crippen molar-refractivity contribution in [3.8, 4) is 0 Å². The molecule has 122 valence electrons. The van der Waals surface area contributed by atoms with Crippen molar-refractivity contribution in [3.05, 3.63) is 12.7 Å². The van der Waals surface area contributed by atoms with Crippen molar-refractivity contribution in [2.75, 3.05) is 13.2 Å². The molecular formula is C16H29NO4. The summed E-state index contributed by atoms with van der Waals surface area (Å²) in [6, 6.07) is -0.726. The maximum Gasteiger partial charge on any atom is 0.407 e. The van der Waals surface area contributed by atoms with Crippen LogP contribution in [0.4, 0.5) is 4.79 Å². The summed E-state index contributed by atoms with van der Waals surface area (Å²) in [6.45, 7) is 10.6. The van der Waals surface area contributed by atoms with E-state index in [-0.39, 0.29) is 0 Å². The van der Waals surface area contributed by atoms with Crippen molar-refractivity contribution in [2.24, 2.45) is 5.92 Å². The number of unbranched alkanes of at least 4 members (excludes halogenated alkanes) is 1. The Kier molecular flexibility index (Phi) is 11.4. The van der Waals surface area contributed by atoms with E-state index in [1.807, 2.05) is 6.92 Å². The Morgan fingerprint density at radius 1 is 1.19 bits per heavy atom. The molecule has 0 fully saturated rings. The fourth-order valence-corrected chi connectivity index (χ4v) is 1.64. The Bertz CT molecular complexity index is 315. The summed E-state index contributed by atoms with van der Waals surface area (Å²) in [5.74, 6) is 0.144. The molecule has 0 bridgehead atoms. The summed E-state index contributed by atoms with van der Waals surface area (Å²) in [5.41, 5.74) is 0. The number of rotatable bonds is 11. The molecule has 0 aromatic rings. The lowest BCUT2D eigenvalue weighted by atomic mass is 10.1. The summed E-state index contributed by atoms with van der Waals surface area (Å²) >= 11 is 0. The van der Waals surface area contributed by atoms with E-state index in [2.05, 4.69) is 25.7 Å². The first kappa shape index (κ1) is 19.5. The van der Waals surface area contributed by atoms with Crippen LogP contribution in [0.25, 0.3) is 0 Å².